The van der Waals surface area contributed by atoms with Crippen molar-refractivity contribution in [2.75, 3.05) is 20.7 Å². The summed E-state index contributed by atoms with van der Waals surface area (Å²) in [6.07, 6.45) is 2.22. The monoisotopic (exact) mass is 250 g/mol. The number of methoxy groups -OCH3 is 1. The molecule has 1 aliphatic rings. The topological polar surface area (TPSA) is 33.9 Å². The highest BCUT2D eigenvalue weighted by Crippen LogP contribution is 2.34. The normalized spacial score (nSPS) is 22.9. The molecule has 0 saturated heterocycles. The molecule has 1 heterocycles. The predicted octanol–water partition coefficient (Wildman–Crippen LogP) is 1.56. The minimum atomic E-state index is 0.264. The molecule has 18 heavy (non-hydrogen) atoms. The molecule has 1 aromatic carbocycles. The Kier molecular flexibility index (Phi) is 3.81. The van der Waals surface area contributed by atoms with E-state index in [4.69, 9.17) is 4.74 Å². The highest BCUT2D eigenvalue weighted by atomic mass is 16.5. The number of quaternary nitrogens is 1. The molecule has 0 aromatic heterocycles. The lowest BCUT2D eigenvalue weighted by atomic mass is 9.87. The average molecular weight is 250 g/mol. The van der Waals surface area contributed by atoms with Crippen LogP contribution in [0.25, 0.3) is 0 Å². The zero-order valence-electron chi connectivity index (χ0n) is 11.8. The van der Waals surface area contributed by atoms with Gasteiger partial charge in [-0.05, 0) is 23.6 Å². The lowest BCUT2D eigenvalue weighted by Gasteiger charge is -2.33. The van der Waals surface area contributed by atoms with Gasteiger partial charge in [-0.2, -0.15) is 0 Å². The molecule has 1 aliphatic heterocycles. The van der Waals surface area contributed by atoms with Crippen LogP contribution in [-0.4, -0.2) is 25.8 Å². The maximum absolute atomic E-state index is 9.97. The van der Waals surface area contributed by atoms with Crippen LogP contribution in [0.15, 0.2) is 12.1 Å². The van der Waals surface area contributed by atoms with Crippen molar-refractivity contribution in [1.82, 2.24) is 0 Å². The van der Waals surface area contributed by atoms with E-state index in [1.54, 1.807) is 12.0 Å². The Bertz CT molecular complexity index is 429. The molecule has 3 heteroatoms. The smallest absolute Gasteiger partial charge is 0.160 e. The minimum absolute atomic E-state index is 0.264. The first-order valence-corrected chi connectivity index (χ1v) is 6.75. The number of benzene rings is 1. The third-order valence-corrected chi connectivity index (χ3v) is 3.91. The minimum Gasteiger partial charge on any atom is -0.504 e. The fourth-order valence-electron chi connectivity index (χ4n) is 2.90. The zero-order chi connectivity index (χ0) is 13.3. The molecule has 100 valence electrons. The van der Waals surface area contributed by atoms with Gasteiger partial charge in [-0.1, -0.05) is 13.8 Å². The molecular weight excluding hydrogens is 226 g/mol. The average Bonchev–Trinajstić information content (AvgIpc) is 2.32. The van der Waals surface area contributed by atoms with Gasteiger partial charge in [0.25, 0.3) is 0 Å². The summed E-state index contributed by atoms with van der Waals surface area (Å²) in [5.41, 5.74) is 2.63. The summed E-state index contributed by atoms with van der Waals surface area (Å²) in [5, 5.41) is 9.97. The van der Waals surface area contributed by atoms with Gasteiger partial charge in [0, 0.05) is 18.4 Å². The van der Waals surface area contributed by atoms with Gasteiger partial charge in [0.05, 0.1) is 20.7 Å². The molecule has 2 rings (SSSR count). The number of rotatable bonds is 3. The molecule has 2 unspecified atom stereocenters. The predicted molar refractivity (Wildman–Crippen MR) is 72.3 cm³/mol. The Morgan fingerprint density at radius 1 is 1.44 bits per heavy atom. The van der Waals surface area contributed by atoms with E-state index in [1.165, 1.54) is 11.1 Å². The van der Waals surface area contributed by atoms with Gasteiger partial charge in [0.1, 0.15) is 6.04 Å². The van der Waals surface area contributed by atoms with Crippen molar-refractivity contribution in [1.29, 1.82) is 0 Å². The van der Waals surface area contributed by atoms with Crippen molar-refractivity contribution in [3.05, 3.63) is 23.3 Å². The lowest BCUT2D eigenvalue weighted by Crippen LogP contribution is -3.10. The number of hydrogen-bond donors (Lipinski definition) is 2. The molecule has 0 spiro atoms. The van der Waals surface area contributed by atoms with Crippen molar-refractivity contribution in [2.45, 2.75) is 32.7 Å². The summed E-state index contributed by atoms with van der Waals surface area (Å²) in [6, 6.07) is 4.40. The second-order valence-electron chi connectivity index (χ2n) is 5.75. The Hall–Kier alpha value is -1.22. The number of likely N-dealkylation sites (N-methyl/N-ethyl adjacent to an activating group) is 1. The maximum atomic E-state index is 9.97. The summed E-state index contributed by atoms with van der Waals surface area (Å²) in [6.45, 7) is 5.66. The second-order valence-corrected chi connectivity index (χ2v) is 5.75. The lowest BCUT2D eigenvalue weighted by molar-refractivity contribution is -0.915. The van der Waals surface area contributed by atoms with Crippen LogP contribution in [0.5, 0.6) is 11.5 Å². The molecule has 0 radical (unpaired) electrons. The van der Waals surface area contributed by atoms with Gasteiger partial charge in [-0.15, -0.1) is 0 Å². The molecular formula is C15H24NO2+. The Morgan fingerprint density at radius 3 is 2.78 bits per heavy atom. The second kappa shape index (κ2) is 5.19. The van der Waals surface area contributed by atoms with E-state index in [0.29, 0.717) is 17.7 Å². The van der Waals surface area contributed by atoms with E-state index in [0.717, 1.165) is 19.4 Å². The number of ether oxygens (including phenoxy) is 1. The SMILES string of the molecule is COc1cc2c(cc1O)C(CC(C)C)[NH+](C)CC2. The van der Waals surface area contributed by atoms with E-state index in [1.807, 2.05) is 12.1 Å². The Labute approximate surface area is 109 Å². The van der Waals surface area contributed by atoms with E-state index >= 15 is 0 Å². The number of phenolic OH excluding ortho intramolecular Hbond substituents is 1. The largest absolute Gasteiger partial charge is 0.504 e. The summed E-state index contributed by atoms with van der Waals surface area (Å²) < 4.78 is 5.20. The molecule has 0 bridgehead atoms. The van der Waals surface area contributed by atoms with Gasteiger partial charge in [0.15, 0.2) is 11.5 Å². The van der Waals surface area contributed by atoms with Crippen LogP contribution in [0, 0.1) is 5.92 Å². The first-order chi connectivity index (χ1) is 8.52. The molecule has 0 amide bonds. The van der Waals surface area contributed by atoms with E-state index in [-0.39, 0.29) is 5.75 Å². The molecule has 1 aromatic rings. The van der Waals surface area contributed by atoms with Gasteiger partial charge in [0.2, 0.25) is 0 Å². The third-order valence-electron chi connectivity index (χ3n) is 3.91. The zero-order valence-corrected chi connectivity index (χ0v) is 11.8. The number of fused-ring (bicyclic) bond motifs is 1. The van der Waals surface area contributed by atoms with Crippen LogP contribution < -0.4 is 9.64 Å². The van der Waals surface area contributed by atoms with Crippen molar-refractivity contribution < 1.29 is 14.7 Å². The Balaban J connectivity index is 2.40. The van der Waals surface area contributed by atoms with Gasteiger partial charge < -0.3 is 14.7 Å². The summed E-state index contributed by atoms with van der Waals surface area (Å²) in [7, 11) is 3.85. The van der Waals surface area contributed by atoms with Crippen molar-refractivity contribution in [3.8, 4) is 11.5 Å². The van der Waals surface area contributed by atoms with Gasteiger partial charge >= 0.3 is 0 Å². The van der Waals surface area contributed by atoms with Crippen LogP contribution in [0.4, 0.5) is 0 Å². The number of nitrogens with one attached hydrogen (secondary N) is 1. The van der Waals surface area contributed by atoms with Gasteiger partial charge in [-0.3, -0.25) is 0 Å². The number of aromatic hydroxyl groups is 1. The molecule has 3 nitrogen and oxygen atoms in total. The number of hydrogen-bond acceptors (Lipinski definition) is 2. The summed E-state index contributed by atoms with van der Waals surface area (Å²) in [5.74, 6) is 1.52. The molecule has 2 N–H and O–H groups in total. The third kappa shape index (κ3) is 2.46. The first-order valence-electron chi connectivity index (χ1n) is 6.75. The van der Waals surface area contributed by atoms with Crippen LogP contribution in [0.1, 0.15) is 37.4 Å². The molecule has 0 aliphatic carbocycles. The van der Waals surface area contributed by atoms with Crippen molar-refractivity contribution in [2.24, 2.45) is 5.92 Å². The summed E-state index contributed by atoms with van der Waals surface area (Å²) >= 11 is 0. The fraction of sp³-hybridized carbons (Fsp3) is 0.600. The van der Waals surface area contributed by atoms with Gasteiger partial charge in [-0.25, -0.2) is 0 Å². The van der Waals surface area contributed by atoms with E-state index < -0.39 is 0 Å². The number of phenols is 1. The van der Waals surface area contributed by atoms with Crippen LogP contribution in [0.3, 0.4) is 0 Å². The molecule has 0 fully saturated rings. The maximum Gasteiger partial charge on any atom is 0.160 e. The standard InChI is InChI=1S/C15H23NO2/c1-10(2)7-13-12-9-14(17)15(18-4)8-11(12)5-6-16(13)3/h8-10,13,17H,5-7H2,1-4H3/p+1. The quantitative estimate of drug-likeness (QED) is 0.853. The molecule has 0 saturated carbocycles. The highest BCUT2D eigenvalue weighted by molar-refractivity contribution is 5.47. The van der Waals surface area contributed by atoms with Crippen molar-refractivity contribution in [3.63, 3.8) is 0 Å². The fourth-order valence-corrected chi connectivity index (χ4v) is 2.90. The highest BCUT2D eigenvalue weighted by Gasteiger charge is 2.30. The first kappa shape index (κ1) is 13.2. The Morgan fingerprint density at radius 2 is 2.17 bits per heavy atom. The molecule has 2 atom stereocenters. The van der Waals surface area contributed by atoms with Crippen LogP contribution >= 0.6 is 0 Å². The van der Waals surface area contributed by atoms with E-state index in [9.17, 15) is 5.11 Å². The van der Waals surface area contributed by atoms with Crippen LogP contribution in [0.2, 0.25) is 0 Å². The van der Waals surface area contributed by atoms with Crippen molar-refractivity contribution >= 4 is 0 Å². The van der Waals surface area contributed by atoms with Crippen LogP contribution in [-0.2, 0) is 6.42 Å². The van der Waals surface area contributed by atoms with E-state index in [2.05, 4.69) is 20.9 Å². The summed E-state index contributed by atoms with van der Waals surface area (Å²) in [4.78, 5) is 1.54.